The second kappa shape index (κ2) is 5.45. The van der Waals surface area contributed by atoms with E-state index >= 15 is 0 Å². The highest BCUT2D eigenvalue weighted by atomic mass is 32.1. The molecule has 0 fully saturated rings. The average molecular weight is 272 g/mol. The quantitative estimate of drug-likeness (QED) is 0.661. The predicted octanol–water partition coefficient (Wildman–Crippen LogP) is 3.35. The summed E-state index contributed by atoms with van der Waals surface area (Å²) < 4.78 is 0. The fraction of sp³-hybridized carbons (Fsp3) is 0.375. The Morgan fingerprint density at radius 3 is 2.95 bits per heavy atom. The zero-order chi connectivity index (χ0) is 13.2. The standard InChI is InChI=1S/C16H20N2S/c1-2-11-5-3-7-13(9-11)16(18-17)15-10-12-6-4-8-14(12)19-15/h3,5,7,9-10,16,18H,2,4,6,8,17H2,1H3. The number of fused-ring (bicyclic) bond motifs is 1. The maximum Gasteiger partial charge on any atom is 0.0802 e. The van der Waals surface area contributed by atoms with Gasteiger partial charge >= 0.3 is 0 Å². The molecule has 3 N–H and O–H groups in total. The van der Waals surface area contributed by atoms with Gasteiger partial charge in [-0.05, 0) is 48.4 Å². The van der Waals surface area contributed by atoms with E-state index < -0.39 is 0 Å². The highest BCUT2D eigenvalue weighted by Gasteiger charge is 2.20. The second-order valence-electron chi connectivity index (χ2n) is 5.15. The maximum absolute atomic E-state index is 5.80. The van der Waals surface area contributed by atoms with Crippen LogP contribution in [0.1, 0.15) is 45.8 Å². The first-order valence-corrected chi connectivity index (χ1v) is 7.80. The fourth-order valence-corrected chi connectivity index (χ4v) is 4.18. The van der Waals surface area contributed by atoms with E-state index in [-0.39, 0.29) is 6.04 Å². The molecule has 1 aliphatic carbocycles. The van der Waals surface area contributed by atoms with Crippen LogP contribution in [-0.2, 0) is 19.3 Å². The van der Waals surface area contributed by atoms with Gasteiger partial charge in [0.25, 0.3) is 0 Å². The molecule has 1 atom stereocenters. The molecule has 1 aromatic carbocycles. The second-order valence-corrected chi connectivity index (χ2v) is 6.32. The van der Waals surface area contributed by atoms with Crippen molar-refractivity contribution in [1.82, 2.24) is 5.43 Å². The van der Waals surface area contributed by atoms with Gasteiger partial charge < -0.3 is 0 Å². The van der Waals surface area contributed by atoms with Gasteiger partial charge in [-0.25, -0.2) is 5.43 Å². The van der Waals surface area contributed by atoms with Gasteiger partial charge in [-0.3, -0.25) is 5.84 Å². The first-order chi connectivity index (χ1) is 9.31. The number of benzene rings is 1. The summed E-state index contributed by atoms with van der Waals surface area (Å²) in [4.78, 5) is 2.90. The largest absolute Gasteiger partial charge is 0.271 e. The third-order valence-electron chi connectivity index (χ3n) is 3.91. The number of aryl methyl sites for hydroxylation is 3. The van der Waals surface area contributed by atoms with Crippen molar-refractivity contribution in [2.24, 2.45) is 5.84 Å². The van der Waals surface area contributed by atoms with Crippen LogP contribution in [0.5, 0.6) is 0 Å². The van der Waals surface area contributed by atoms with Crippen LogP contribution >= 0.6 is 11.3 Å². The van der Waals surface area contributed by atoms with Crippen LogP contribution in [0.25, 0.3) is 0 Å². The fourth-order valence-electron chi connectivity index (χ4n) is 2.83. The van der Waals surface area contributed by atoms with Gasteiger partial charge in [0.2, 0.25) is 0 Å². The zero-order valence-electron chi connectivity index (χ0n) is 11.3. The minimum atomic E-state index is 0.127. The van der Waals surface area contributed by atoms with Crippen molar-refractivity contribution in [2.45, 2.75) is 38.6 Å². The normalized spacial score (nSPS) is 15.5. The van der Waals surface area contributed by atoms with Crippen LogP contribution < -0.4 is 11.3 Å². The van der Waals surface area contributed by atoms with Gasteiger partial charge in [0.05, 0.1) is 6.04 Å². The molecule has 2 aromatic rings. The zero-order valence-corrected chi connectivity index (χ0v) is 12.1. The Morgan fingerprint density at radius 1 is 1.32 bits per heavy atom. The minimum absolute atomic E-state index is 0.127. The maximum atomic E-state index is 5.80. The molecule has 1 aliphatic rings. The molecule has 0 aliphatic heterocycles. The van der Waals surface area contributed by atoms with Crippen LogP contribution in [0.15, 0.2) is 30.3 Å². The smallest absolute Gasteiger partial charge is 0.0802 e. The lowest BCUT2D eigenvalue weighted by Gasteiger charge is -2.15. The van der Waals surface area contributed by atoms with E-state index in [0.717, 1.165) is 6.42 Å². The van der Waals surface area contributed by atoms with Crippen LogP contribution in [0.4, 0.5) is 0 Å². The molecule has 3 rings (SSSR count). The van der Waals surface area contributed by atoms with E-state index in [9.17, 15) is 0 Å². The van der Waals surface area contributed by atoms with Gasteiger partial charge in [-0.1, -0.05) is 31.2 Å². The Morgan fingerprint density at radius 2 is 2.21 bits per heavy atom. The van der Waals surface area contributed by atoms with Gasteiger partial charge in [0, 0.05) is 9.75 Å². The molecular formula is C16H20N2S. The van der Waals surface area contributed by atoms with E-state index in [2.05, 4.69) is 42.7 Å². The highest BCUT2D eigenvalue weighted by Crippen LogP contribution is 2.35. The molecule has 19 heavy (non-hydrogen) atoms. The Hall–Kier alpha value is -1.16. The van der Waals surface area contributed by atoms with E-state index in [1.165, 1.54) is 40.8 Å². The van der Waals surface area contributed by atoms with Crippen LogP contribution in [0.3, 0.4) is 0 Å². The van der Waals surface area contributed by atoms with Gasteiger partial charge in [-0.2, -0.15) is 0 Å². The number of hydrazine groups is 1. The van der Waals surface area contributed by atoms with Crippen molar-refractivity contribution < 1.29 is 0 Å². The monoisotopic (exact) mass is 272 g/mol. The van der Waals surface area contributed by atoms with Crippen molar-refractivity contribution in [3.63, 3.8) is 0 Å². The number of hydrogen-bond donors (Lipinski definition) is 2. The van der Waals surface area contributed by atoms with Crippen molar-refractivity contribution in [2.75, 3.05) is 0 Å². The summed E-state index contributed by atoms with van der Waals surface area (Å²) in [6, 6.07) is 11.2. The summed E-state index contributed by atoms with van der Waals surface area (Å²) in [6.45, 7) is 2.18. The van der Waals surface area contributed by atoms with Crippen LogP contribution in [0.2, 0.25) is 0 Å². The molecule has 1 heterocycles. The lowest BCUT2D eigenvalue weighted by atomic mass is 10.0. The molecular weight excluding hydrogens is 252 g/mol. The number of nitrogens with two attached hydrogens (primary N) is 1. The van der Waals surface area contributed by atoms with Gasteiger partial charge in [0.1, 0.15) is 0 Å². The summed E-state index contributed by atoms with van der Waals surface area (Å²) in [6.07, 6.45) is 4.85. The first kappa shape index (κ1) is 12.9. The van der Waals surface area contributed by atoms with Crippen LogP contribution in [-0.4, -0.2) is 0 Å². The highest BCUT2D eigenvalue weighted by molar-refractivity contribution is 7.12. The van der Waals surface area contributed by atoms with Crippen molar-refractivity contribution in [3.8, 4) is 0 Å². The molecule has 0 amide bonds. The molecule has 3 heteroatoms. The molecule has 0 spiro atoms. The summed E-state index contributed by atoms with van der Waals surface area (Å²) in [5, 5.41) is 0. The summed E-state index contributed by atoms with van der Waals surface area (Å²) in [5.41, 5.74) is 7.15. The third kappa shape index (κ3) is 2.46. The van der Waals surface area contributed by atoms with E-state index in [1.54, 1.807) is 4.88 Å². The Kier molecular flexibility index (Phi) is 3.69. The van der Waals surface area contributed by atoms with E-state index in [1.807, 2.05) is 11.3 Å². The summed E-state index contributed by atoms with van der Waals surface area (Å²) in [7, 11) is 0. The lowest BCUT2D eigenvalue weighted by Crippen LogP contribution is -2.28. The topological polar surface area (TPSA) is 38.0 Å². The van der Waals surface area contributed by atoms with Gasteiger partial charge in [0.15, 0.2) is 0 Å². The molecule has 0 saturated carbocycles. The van der Waals surface area contributed by atoms with E-state index in [0.29, 0.717) is 0 Å². The predicted molar refractivity (Wildman–Crippen MR) is 81.3 cm³/mol. The number of nitrogens with one attached hydrogen (secondary N) is 1. The van der Waals surface area contributed by atoms with Gasteiger partial charge in [-0.15, -0.1) is 11.3 Å². The summed E-state index contributed by atoms with van der Waals surface area (Å²) in [5.74, 6) is 5.80. The average Bonchev–Trinajstić information content (AvgIpc) is 3.01. The number of hydrogen-bond acceptors (Lipinski definition) is 3. The SMILES string of the molecule is CCc1cccc(C(NN)c2cc3c(s2)CCC3)c1. The molecule has 1 aromatic heterocycles. The Balaban J connectivity index is 1.94. The summed E-state index contributed by atoms with van der Waals surface area (Å²) >= 11 is 1.92. The number of rotatable bonds is 4. The van der Waals surface area contributed by atoms with Crippen molar-refractivity contribution in [1.29, 1.82) is 0 Å². The first-order valence-electron chi connectivity index (χ1n) is 6.98. The Bertz CT molecular complexity index is 552. The van der Waals surface area contributed by atoms with E-state index in [4.69, 9.17) is 5.84 Å². The lowest BCUT2D eigenvalue weighted by molar-refractivity contribution is 0.645. The molecule has 100 valence electrons. The van der Waals surface area contributed by atoms with Crippen molar-refractivity contribution in [3.05, 3.63) is 56.8 Å². The molecule has 0 saturated heterocycles. The molecule has 0 radical (unpaired) electrons. The minimum Gasteiger partial charge on any atom is -0.271 e. The van der Waals surface area contributed by atoms with Crippen LogP contribution in [0, 0.1) is 0 Å². The molecule has 1 unspecified atom stereocenters. The Labute approximate surface area is 118 Å². The number of thiophene rings is 1. The third-order valence-corrected chi connectivity index (χ3v) is 5.21. The molecule has 0 bridgehead atoms. The van der Waals surface area contributed by atoms with Crippen molar-refractivity contribution >= 4 is 11.3 Å². The molecule has 2 nitrogen and oxygen atoms in total.